The van der Waals surface area contributed by atoms with Gasteiger partial charge in [0.1, 0.15) is 0 Å². The number of carboxylic acids is 1. The molecule has 122 valence electrons. The molecule has 1 saturated heterocycles. The SMILES string of the molecule is O=C(O)C1CCN(C(=O)CC2Sc3ccc(Cl)cc3NC2=O)C1. The summed E-state index contributed by atoms with van der Waals surface area (Å²) in [4.78, 5) is 37.8. The zero-order valence-electron chi connectivity index (χ0n) is 12.1. The summed E-state index contributed by atoms with van der Waals surface area (Å²) in [6, 6.07) is 5.23. The summed E-state index contributed by atoms with van der Waals surface area (Å²) < 4.78 is 0. The van der Waals surface area contributed by atoms with E-state index in [0.717, 1.165) is 4.90 Å². The normalized spacial score (nSPS) is 23.3. The van der Waals surface area contributed by atoms with Crippen LogP contribution in [-0.4, -0.2) is 46.1 Å². The monoisotopic (exact) mass is 354 g/mol. The van der Waals surface area contributed by atoms with Crippen LogP contribution in [0.4, 0.5) is 5.69 Å². The summed E-state index contributed by atoms with van der Waals surface area (Å²) in [5, 5.41) is 11.8. The van der Waals surface area contributed by atoms with Gasteiger partial charge in [0, 0.05) is 29.4 Å². The van der Waals surface area contributed by atoms with Gasteiger partial charge in [0.15, 0.2) is 0 Å². The van der Waals surface area contributed by atoms with E-state index in [2.05, 4.69) is 5.32 Å². The summed E-state index contributed by atoms with van der Waals surface area (Å²) >= 11 is 7.23. The highest BCUT2D eigenvalue weighted by Crippen LogP contribution is 2.38. The van der Waals surface area contributed by atoms with Crippen LogP contribution in [0.25, 0.3) is 0 Å². The summed E-state index contributed by atoms with van der Waals surface area (Å²) in [6.45, 7) is 0.653. The highest BCUT2D eigenvalue weighted by Gasteiger charge is 2.34. The van der Waals surface area contributed by atoms with Crippen molar-refractivity contribution in [2.24, 2.45) is 5.92 Å². The van der Waals surface area contributed by atoms with Crippen molar-refractivity contribution in [3.63, 3.8) is 0 Å². The molecule has 0 spiro atoms. The molecule has 1 aromatic rings. The summed E-state index contributed by atoms with van der Waals surface area (Å²) in [6.07, 6.45) is 0.525. The predicted molar refractivity (Wildman–Crippen MR) is 86.7 cm³/mol. The smallest absolute Gasteiger partial charge is 0.308 e. The molecular weight excluding hydrogens is 340 g/mol. The third-order valence-electron chi connectivity index (χ3n) is 4.01. The Hall–Kier alpha value is -1.73. The van der Waals surface area contributed by atoms with E-state index in [9.17, 15) is 14.4 Å². The fourth-order valence-electron chi connectivity index (χ4n) is 2.73. The number of nitrogens with zero attached hydrogens (tertiary/aromatic N) is 1. The van der Waals surface area contributed by atoms with Crippen LogP contribution in [0.15, 0.2) is 23.1 Å². The second-order valence-electron chi connectivity index (χ2n) is 5.60. The van der Waals surface area contributed by atoms with E-state index in [1.807, 2.05) is 6.07 Å². The van der Waals surface area contributed by atoms with Gasteiger partial charge in [0.25, 0.3) is 0 Å². The maximum absolute atomic E-state index is 12.3. The average Bonchev–Trinajstić information content (AvgIpc) is 2.98. The molecule has 2 unspecified atom stereocenters. The highest BCUT2D eigenvalue weighted by molar-refractivity contribution is 8.01. The topological polar surface area (TPSA) is 86.7 Å². The molecule has 0 radical (unpaired) electrons. The van der Waals surface area contributed by atoms with Crippen molar-refractivity contribution in [2.75, 3.05) is 18.4 Å². The minimum Gasteiger partial charge on any atom is -0.481 e. The number of thioether (sulfide) groups is 1. The number of hydrogen-bond acceptors (Lipinski definition) is 4. The molecule has 6 nitrogen and oxygen atoms in total. The number of fused-ring (bicyclic) bond motifs is 1. The molecule has 23 heavy (non-hydrogen) atoms. The lowest BCUT2D eigenvalue weighted by Gasteiger charge is -2.25. The second kappa shape index (κ2) is 6.41. The number of rotatable bonds is 3. The van der Waals surface area contributed by atoms with Crippen LogP contribution in [0.5, 0.6) is 0 Å². The first-order chi connectivity index (χ1) is 10.9. The number of aliphatic carboxylic acids is 1. The molecule has 1 fully saturated rings. The fourth-order valence-corrected chi connectivity index (χ4v) is 3.99. The predicted octanol–water partition coefficient (Wildman–Crippen LogP) is 2.08. The number of hydrogen-bond donors (Lipinski definition) is 2. The largest absolute Gasteiger partial charge is 0.481 e. The van der Waals surface area contributed by atoms with Gasteiger partial charge in [-0.2, -0.15) is 0 Å². The maximum Gasteiger partial charge on any atom is 0.308 e. The van der Waals surface area contributed by atoms with Gasteiger partial charge in [-0.3, -0.25) is 14.4 Å². The van der Waals surface area contributed by atoms with Crippen molar-refractivity contribution in [1.82, 2.24) is 4.90 Å². The van der Waals surface area contributed by atoms with Crippen molar-refractivity contribution < 1.29 is 19.5 Å². The molecular formula is C15H15ClN2O4S. The molecule has 2 N–H and O–H groups in total. The minimum atomic E-state index is -0.879. The van der Waals surface area contributed by atoms with Gasteiger partial charge < -0.3 is 15.3 Å². The van der Waals surface area contributed by atoms with Crippen LogP contribution in [0.1, 0.15) is 12.8 Å². The first-order valence-electron chi connectivity index (χ1n) is 7.21. The average molecular weight is 355 g/mol. The number of nitrogens with one attached hydrogen (secondary N) is 1. The van der Waals surface area contributed by atoms with Crippen LogP contribution < -0.4 is 5.32 Å². The van der Waals surface area contributed by atoms with Gasteiger partial charge in [-0.15, -0.1) is 11.8 Å². The number of halogens is 1. The van der Waals surface area contributed by atoms with Gasteiger partial charge in [0.2, 0.25) is 11.8 Å². The van der Waals surface area contributed by atoms with Gasteiger partial charge in [-0.25, -0.2) is 0 Å². The highest BCUT2D eigenvalue weighted by atomic mass is 35.5. The third-order valence-corrected chi connectivity index (χ3v) is 5.52. The Morgan fingerprint density at radius 2 is 2.22 bits per heavy atom. The Morgan fingerprint density at radius 3 is 2.91 bits per heavy atom. The maximum atomic E-state index is 12.3. The quantitative estimate of drug-likeness (QED) is 0.867. The molecule has 0 aliphatic carbocycles. The molecule has 2 aliphatic heterocycles. The number of likely N-dealkylation sites (tertiary alicyclic amines) is 1. The zero-order chi connectivity index (χ0) is 16.6. The first kappa shape index (κ1) is 16.1. The number of carboxylic acid groups (broad SMARTS) is 1. The number of carbonyl (C=O) groups is 3. The van der Waals surface area contributed by atoms with Crippen LogP contribution in [0, 0.1) is 5.92 Å². The Morgan fingerprint density at radius 1 is 1.43 bits per heavy atom. The van der Waals surface area contributed by atoms with Crippen molar-refractivity contribution in [3.8, 4) is 0 Å². The van der Waals surface area contributed by atoms with Crippen LogP contribution in [0.2, 0.25) is 5.02 Å². The van der Waals surface area contributed by atoms with E-state index >= 15 is 0 Å². The molecule has 2 amide bonds. The Kier molecular flexibility index (Phi) is 4.50. The van der Waals surface area contributed by atoms with Crippen LogP contribution in [-0.2, 0) is 14.4 Å². The van der Waals surface area contributed by atoms with Gasteiger partial charge in [-0.05, 0) is 24.6 Å². The van der Waals surface area contributed by atoms with Crippen molar-refractivity contribution in [3.05, 3.63) is 23.2 Å². The molecule has 2 atom stereocenters. The van der Waals surface area contributed by atoms with E-state index in [4.69, 9.17) is 16.7 Å². The first-order valence-corrected chi connectivity index (χ1v) is 8.47. The number of benzene rings is 1. The lowest BCUT2D eigenvalue weighted by molar-refractivity contribution is -0.141. The number of amides is 2. The zero-order valence-corrected chi connectivity index (χ0v) is 13.7. The van der Waals surface area contributed by atoms with E-state index in [-0.39, 0.29) is 24.8 Å². The van der Waals surface area contributed by atoms with E-state index < -0.39 is 17.1 Å². The summed E-state index contributed by atoms with van der Waals surface area (Å²) in [5.74, 6) is -1.79. The number of carbonyl (C=O) groups excluding carboxylic acids is 2. The van der Waals surface area contributed by atoms with Crippen molar-refractivity contribution in [2.45, 2.75) is 23.0 Å². The van der Waals surface area contributed by atoms with Gasteiger partial charge in [-0.1, -0.05) is 11.6 Å². The molecule has 1 aromatic carbocycles. The van der Waals surface area contributed by atoms with Crippen LogP contribution >= 0.6 is 23.4 Å². The Labute approximate surface area is 142 Å². The van der Waals surface area contributed by atoms with Crippen molar-refractivity contribution >= 4 is 46.8 Å². The molecule has 2 heterocycles. The molecule has 2 aliphatic rings. The second-order valence-corrected chi connectivity index (χ2v) is 7.28. The summed E-state index contributed by atoms with van der Waals surface area (Å²) in [7, 11) is 0. The Balaban J connectivity index is 1.64. The Bertz CT molecular complexity index is 681. The van der Waals surface area contributed by atoms with E-state index in [1.165, 1.54) is 16.7 Å². The lowest BCUT2D eigenvalue weighted by atomic mass is 10.1. The standard InChI is InChI=1S/C15H15ClN2O4S/c16-9-1-2-11-10(5-9)17-14(20)12(23-11)6-13(19)18-4-3-8(7-18)15(21)22/h1-2,5,8,12H,3-4,6-7H2,(H,17,20)(H,21,22). The summed E-state index contributed by atoms with van der Waals surface area (Å²) in [5.41, 5.74) is 0.656. The van der Waals surface area contributed by atoms with E-state index in [0.29, 0.717) is 23.7 Å². The van der Waals surface area contributed by atoms with Gasteiger partial charge >= 0.3 is 5.97 Å². The number of anilines is 1. The molecule has 0 saturated carbocycles. The van der Waals surface area contributed by atoms with Crippen molar-refractivity contribution in [1.29, 1.82) is 0 Å². The fraction of sp³-hybridized carbons (Fsp3) is 0.400. The molecule has 0 bridgehead atoms. The minimum absolute atomic E-state index is 0.0604. The lowest BCUT2D eigenvalue weighted by Crippen LogP contribution is -2.37. The van der Waals surface area contributed by atoms with E-state index in [1.54, 1.807) is 12.1 Å². The third kappa shape index (κ3) is 3.45. The molecule has 0 aromatic heterocycles. The van der Waals surface area contributed by atoms with Gasteiger partial charge in [0.05, 0.1) is 16.9 Å². The molecule has 3 rings (SSSR count). The van der Waals surface area contributed by atoms with Crippen LogP contribution in [0.3, 0.4) is 0 Å². The molecule has 8 heteroatoms.